The van der Waals surface area contributed by atoms with E-state index in [1.165, 1.54) is 0 Å². The summed E-state index contributed by atoms with van der Waals surface area (Å²) < 4.78 is 0. The largest absolute Gasteiger partial charge is 0.858 e. The topological polar surface area (TPSA) is 143 Å². The van der Waals surface area contributed by atoms with Crippen LogP contribution in [0.15, 0.2) is 23.2 Å². The first kappa shape index (κ1) is 16.2. The summed E-state index contributed by atoms with van der Waals surface area (Å²) in [7, 11) is 0. The number of nitrogen functional groups attached to an aromatic ring is 2. The Morgan fingerprint density at radius 2 is 1.70 bits per heavy atom. The minimum absolute atomic E-state index is 0.294. The number of nitrogens with two attached hydrogens (primary N) is 4. The van der Waals surface area contributed by atoms with Gasteiger partial charge in [-0.05, 0) is 23.6 Å². The molecule has 0 aliphatic heterocycles. The van der Waals surface area contributed by atoms with E-state index in [2.05, 4.69) is 9.89 Å². The molecule has 1 aromatic rings. The van der Waals surface area contributed by atoms with Gasteiger partial charge in [-0.25, -0.2) is 0 Å². The zero-order valence-corrected chi connectivity index (χ0v) is 11.6. The van der Waals surface area contributed by atoms with Crippen molar-refractivity contribution in [3.63, 3.8) is 0 Å². The Bertz CT molecular complexity index is 442. The van der Waals surface area contributed by atoms with Crippen LogP contribution in [0.5, 0.6) is 0 Å². The quantitative estimate of drug-likeness (QED) is 0.250. The van der Waals surface area contributed by atoms with E-state index in [1.54, 1.807) is 18.2 Å². The molecular formula is C13H23N6O-. The molecule has 0 saturated heterocycles. The Morgan fingerprint density at radius 1 is 1.05 bits per heavy atom. The van der Waals surface area contributed by atoms with Crippen LogP contribution in [0.4, 0.5) is 11.4 Å². The molecule has 0 aromatic heterocycles. The highest BCUT2D eigenvalue weighted by Crippen LogP contribution is 2.15. The van der Waals surface area contributed by atoms with Crippen molar-refractivity contribution in [3.8, 4) is 0 Å². The van der Waals surface area contributed by atoms with Gasteiger partial charge in [0.1, 0.15) is 0 Å². The molecule has 7 nitrogen and oxygen atoms in total. The fourth-order valence-electron chi connectivity index (χ4n) is 1.79. The number of rotatable bonds is 8. The van der Waals surface area contributed by atoms with Crippen LogP contribution in [0.1, 0.15) is 5.56 Å². The molecule has 0 heterocycles. The first-order valence-corrected chi connectivity index (χ1v) is 6.57. The molecule has 1 aromatic carbocycles. The van der Waals surface area contributed by atoms with E-state index in [4.69, 9.17) is 22.9 Å². The third-order valence-corrected chi connectivity index (χ3v) is 2.90. The second-order valence-corrected chi connectivity index (χ2v) is 4.45. The Labute approximate surface area is 119 Å². The minimum Gasteiger partial charge on any atom is -0.858 e. The molecule has 0 spiro atoms. The van der Waals surface area contributed by atoms with Crippen LogP contribution in [-0.4, -0.2) is 50.1 Å². The molecule has 0 aliphatic carbocycles. The van der Waals surface area contributed by atoms with Crippen molar-refractivity contribution < 1.29 is 5.11 Å². The normalized spacial score (nSPS) is 12.1. The van der Waals surface area contributed by atoms with Crippen molar-refractivity contribution >= 4 is 17.3 Å². The summed E-state index contributed by atoms with van der Waals surface area (Å²) in [6.45, 7) is 3.67. The second kappa shape index (κ2) is 8.36. The van der Waals surface area contributed by atoms with Gasteiger partial charge in [0.05, 0.1) is 17.9 Å². The number of hydrogen-bond donors (Lipinski definition) is 4. The molecule has 20 heavy (non-hydrogen) atoms. The smallest absolute Gasteiger partial charge is 0.0554 e. The van der Waals surface area contributed by atoms with Crippen molar-refractivity contribution in [1.29, 1.82) is 0 Å². The van der Waals surface area contributed by atoms with Gasteiger partial charge in [-0.15, -0.1) is 0 Å². The van der Waals surface area contributed by atoms with E-state index in [0.717, 1.165) is 13.1 Å². The molecule has 0 unspecified atom stereocenters. The highest BCUT2D eigenvalue weighted by Gasteiger charge is 2.02. The predicted octanol–water partition coefficient (Wildman–Crippen LogP) is -1.82. The van der Waals surface area contributed by atoms with Gasteiger partial charge < -0.3 is 28.0 Å². The van der Waals surface area contributed by atoms with Crippen LogP contribution in [0.2, 0.25) is 0 Å². The maximum atomic E-state index is 11.9. The first-order chi connectivity index (χ1) is 9.58. The molecule has 0 fully saturated rings. The minimum atomic E-state index is -0.294. The Balaban J connectivity index is 2.57. The van der Waals surface area contributed by atoms with Gasteiger partial charge >= 0.3 is 0 Å². The van der Waals surface area contributed by atoms with Gasteiger partial charge in [0.25, 0.3) is 0 Å². The lowest BCUT2D eigenvalue weighted by Gasteiger charge is -2.20. The van der Waals surface area contributed by atoms with E-state index in [0.29, 0.717) is 43.1 Å². The number of nitrogens with zero attached hydrogens (tertiary/aromatic N) is 2. The van der Waals surface area contributed by atoms with E-state index >= 15 is 0 Å². The van der Waals surface area contributed by atoms with Crippen LogP contribution in [0, 0.1) is 0 Å². The van der Waals surface area contributed by atoms with Gasteiger partial charge in [-0.2, -0.15) is 0 Å². The highest BCUT2D eigenvalue weighted by molar-refractivity contribution is 5.92. The average Bonchev–Trinajstić information content (AvgIpc) is 2.42. The van der Waals surface area contributed by atoms with Crippen molar-refractivity contribution in [2.24, 2.45) is 16.5 Å². The summed E-state index contributed by atoms with van der Waals surface area (Å²) in [6, 6.07) is 4.76. The van der Waals surface area contributed by atoms with Crippen LogP contribution < -0.4 is 28.0 Å². The highest BCUT2D eigenvalue weighted by atomic mass is 16.3. The molecule has 8 N–H and O–H groups in total. The predicted molar refractivity (Wildman–Crippen MR) is 81.2 cm³/mol. The number of anilines is 2. The standard InChI is InChI=1S/C13H24N6O/c14-3-6-19(7-4-15)8-5-18-13(20)10-1-2-11(16)12(17)9-10/h1-2,9H,3-8,14-17H2,(H,18,20)/p-1. The van der Waals surface area contributed by atoms with Gasteiger partial charge in [-0.3, -0.25) is 9.89 Å². The summed E-state index contributed by atoms with van der Waals surface area (Å²) in [5.41, 5.74) is 23.6. The maximum Gasteiger partial charge on any atom is 0.0554 e. The first-order valence-electron chi connectivity index (χ1n) is 6.57. The molecule has 0 atom stereocenters. The molecule has 0 aliphatic rings. The van der Waals surface area contributed by atoms with E-state index in [-0.39, 0.29) is 5.90 Å². The summed E-state index contributed by atoms with van der Waals surface area (Å²) in [5.74, 6) is -0.294. The lowest BCUT2D eigenvalue weighted by atomic mass is 10.2. The van der Waals surface area contributed by atoms with E-state index < -0.39 is 0 Å². The van der Waals surface area contributed by atoms with E-state index in [1.807, 2.05) is 0 Å². The molecular weight excluding hydrogens is 256 g/mol. The third-order valence-electron chi connectivity index (χ3n) is 2.90. The molecule has 0 saturated carbocycles. The SMILES string of the molecule is NCCN(CCN)CCN=C([O-])c1ccc(N)c(N)c1. The molecule has 7 heteroatoms. The summed E-state index contributed by atoms with van der Waals surface area (Å²) in [5, 5.41) is 11.9. The van der Waals surface area contributed by atoms with Crippen LogP contribution in [0.3, 0.4) is 0 Å². The van der Waals surface area contributed by atoms with E-state index in [9.17, 15) is 5.11 Å². The lowest BCUT2D eigenvalue weighted by molar-refractivity contribution is -0.213. The average molecular weight is 279 g/mol. The maximum absolute atomic E-state index is 11.9. The van der Waals surface area contributed by atoms with Crippen LogP contribution in [-0.2, 0) is 0 Å². The molecule has 0 amide bonds. The van der Waals surface area contributed by atoms with Gasteiger partial charge in [-0.1, -0.05) is 6.07 Å². The number of aliphatic imine (C=N–C) groups is 1. The Hall–Kier alpha value is -1.83. The Morgan fingerprint density at radius 3 is 2.25 bits per heavy atom. The second-order valence-electron chi connectivity index (χ2n) is 4.45. The third kappa shape index (κ3) is 5.04. The van der Waals surface area contributed by atoms with Crippen molar-refractivity contribution in [3.05, 3.63) is 23.8 Å². The van der Waals surface area contributed by atoms with Crippen molar-refractivity contribution in [2.45, 2.75) is 0 Å². The molecule has 1 rings (SSSR count). The zero-order valence-electron chi connectivity index (χ0n) is 11.6. The summed E-state index contributed by atoms with van der Waals surface area (Å²) >= 11 is 0. The Kier molecular flexibility index (Phi) is 6.78. The number of hydrogen-bond acceptors (Lipinski definition) is 7. The number of benzene rings is 1. The van der Waals surface area contributed by atoms with Gasteiger partial charge in [0, 0.05) is 32.7 Å². The van der Waals surface area contributed by atoms with Crippen molar-refractivity contribution in [1.82, 2.24) is 4.90 Å². The fraction of sp³-hybridized carbons (Fsp3) is 0.462. The summed E-state index contributed by atoms with van der Waals surface area (Å²) in [6.07, 6.45) is 0. The van der Waals surface area contributed by atoms with Crippen LogP contribution in [0.25, 0.3) is 0 Å². The monoisotopic (exact) mass is 279 g/mol. The molecule has 0 bridgehead atoms. The van der Waals surface area contributed by atoms with Crippen molar-refractivity contribution in [2.75, 3.05) is 50.7 Å². The molecule has 112 valence electrons. The zero-order chi connectivity index (χ0) is 15.0. The molecule has 0 radical (unpaired) electrons. The summed E-state index contributed by atoms with van der Waals surface area (Å²) in [4.78, 5) is 6.09. The van der Waals surface area contributed by atoms with Gasteiger partial charge in [0.15, 0.2) is 0 Å². The van der Waals surface area contributed by atoms with Crippen LogP contribution >= 0.6 is 0 Å². The lowest BCUT2D eigenvalue weighted by Crippen LogP contribution is -2.36. The van der Waals surface area contributed by atoms with Gasteiger partial charge in [0.2, 0.25) is 0 Å². The fourth-order valence-corrected chi connectivity index (χ4v) is 1.79.